The molecule has 2 atom stereocenters. The Hall–Kier alpha value is -1.50. The second-order valence-corrected chi connectivity index (χ2v) is 7.17. The lowest BCUT2D eigenvalue weighted by Gasteiger charge is -2.28. The Bertz CT molecular complexity index is 594. The van der Waals surface area contributed by atoms with Crippen LogP contribution in [0.15, 0.2) is 18.2 Å². The molecule has 1 saturated heterocycles. The number of ether oxygens (including phenoxy) is 3. The van der Waals surface area contributed by atoms with Crippen LogP contribution in [-0.4, -0.2) is 38.9 Å². The minimum atomic E-state index is -0.501. The number of nitrogens with two attached hydrogens (primary N) is 1. The molecule has 28 heavy (non-hydrogen) atoms. The van der Waals surface area contributed by atoms with Crippen molar-refractivity contribution in [2.75, 3.05) is 26.9 Å². The molecule has 3 N–H and O–H groups in total. The second-order valence-electron chi connectivity index (χ2n) is 7.17. The van der Waals surface area contributed by atoms with Gasteiger partial charge in [0.15, 0.2) is 11.5 Å². The monoisotopic (exact) mass is 414 g/mol. The molecular weight excluding hydrogens is 380 g/mol. The van der Waals surface area contributed by atoms with E-state index in [2.05, 4.69) is 12.2 Å². The molecule has 0 aromatic heterocycles. The van der Waals surface area contributed by atoms with Crippen LogP contribution in [0.1, 0.15) is 57.6 Å². The summed E-state index contributed by atoms with van der Waals surface area (Å²) >= 11 is 0. The van der Waals surface area contributed by atoms with Crippen LogP contribution in [0.3, 0.4) is 0 Å². The van der Waals surface area contributed by atoms with Gasteiger partial charge in [0.05, 0.1) is 25.8 Å². The second kappa shape index (κ2) is 12.9. The minimum Gasteiger partial charge on any atom is -0.493 e. The van der Waals surface area contributed by atoms with E-state index in [0.717, 1.165) is 43.4 Å². The van der Waals surface area contributed by atoms with Crippen molar-refractivity contribution in [1.29, 1.82) is 0 Å². The maximum Gasteiger partial charge on any atom is 0.237 e. The Morgan fingerprint density at radius 3 is 2.64 bits per heavy atom. The summed E-state index contributed by atoms with van der Waals surface area (Å²) < 4.78 is 16.6. The first kappa shape index (κ1) is 24.5. The maximum absolute atomic E-state index is 12.5. The molecule has 2 unspecified atom stereocenters. The Labute approximate surface area is 174 Å². The van der Waals surface area contributed by atoms with Crippen molar-refractivity contribution in [3.05, 3.63) is 23.8 Å². The van der Waals surface area contributed by atoms with Gasteiger partial charge in [0.1, 0.15) is 0 Å². The first-order valence-electron chi connectivity index (χ1n) is 10.0. The van der Waals surface area contributed by atoms with Gasteiger partial charge in [0.2, 0.25) is 5.91 Å². The van der Waals surface area contributed by atoms with Crippen LogP contribution < -0.4 is 20.5 Å². The molecule has 0 aliphatic carbocycles. The van der Waals surface area contributed by atoms with E-state index >= 15 is 0 Å². The summed E-state index contributed by atoms with van der Waals surface area (Å²) in [7, 11) is 1.63. The van der Waals surface area contributed by atoms with E-state index < -0.39 is 6.04 Å². The van der Waals surface area contributed by atoms with Gasteiger partial charge < -0.3 is 25.3 Å². The molecule has 1 aromatic carbocycles. The number of rotatable bonds is 10. The third-order valence-electron chi connectivity index (χ3n) is 5.13. The number of amides is 1. The van der Waals surface area contributed by atoms with Gasteiger partial charge in [0, 0.05) is 13.2 Å². The van der Waals surface area contributed by atoms with E-state index in [4.69, 9.17) is 19.9 Å². The summed E-state index contributed by atoms with van der Waals surface area (Å²) in [5, 5.41) is 3.02. The molecule has 1 heterocycles. The Morgan fingerprint density at radius 2 is 2.00 bits per heavy atom. The smallest absolute Gasteiger partial charge is 0.237 e. The summed E-state index contributed by atoms with van der Waals surface area (Å²) in [6.45, 7) is 6.15. The predicted octanol–water partition coefficient (Wildman–Crippen LogP) is 3.62. The fourth-order valence-electron chi connectivity index (χ4n) is 3.29. The summed E-state index contributed by atoms with van der Waals surface area (Å²) in [5.41, 5.74) is 7.12. The zero-order chi connectivity index (χ0) is 19.6. The first-order valence-corrected chi connectivity index (χ1v) is 10.0. The zero-order valence-electron chi connectivity index (χ0n) is 17.2. The molecule has 1 amide bonds. The minimum absolute atomic E-state index is 0. The van der Waals surface area contributed by atoms with Gasteiger partial charge in [-0.05, 0) is 49.8 Å². The van der Waals surface area contributed by atoms with Gasteiger partial charge in [-0.3, -0.25) is 4.79 Å². The van der Waals surface area contributed by atoms with Crippen LogP contribution in [0.5, 0.6) is 11.5 Å². The van der Waals surface area contributed by atoms with Crippen molar-refractivity contribution in [1.82, 2.24) is 5.32 Å². The van der Waals surface area contributed by atoms with Crippen molar-refractivity contribution in [3.8, 4) is 11.5 Å². The molecular formula is C21H35ClN2O4. The highest BCUT2D eigenvalue weighted by molar-refractivity contribution is 5.85. The van der Waals surface area contributed by atoms with Gasteiger partial charge in [0.25, 0.3) is 0 Å². The van der Waals surface area contributed by atoms with Crippen molar-refractivity contribution in [2.24, 2.45) is 11.7 Å². The summed E-state index contributed by atoms with van der Waals surface area (Å²) in [4.78, 5) is 12.5. The lowest BCUT2D eigenvalue weighted by molar-refractivity contribution is -0.125. The molecule has 160 valence electrons. The zero-order valence-corrected chi connectivity index (χ0v) is 18.1. The number of carbonyl (C=O) groups is 1. The molecule has 1 aliphatic rings. The van der Waals surface area contributed by atoms with Crippen molar-refractivity contribution in [3.63, 3.8) is 0 Å². The maximum atomic E-state index is 12.5. The van der Waals surface area contributed by atoms with Crippen LogP contribution >= 0.6 is 12.4 Å². The van der Waals surface area contributed by atoms with E-state index in [1.807, 2.05) is 25.1 Å². The highest BCUT2D eigenvalue weighted by atomic mass is 35.5. The number of methoxy groups -OCH3 is 1. The van der Waals surface area contributed by atoms with Gasteiger partial charge >= 0.3 is 0 Å². The van der Waals surface area contributed by atoms with Crippen LogP contribution in [-0.2, 0) is 9.53 Å². The Kier molecular flexibility index (Phi) is 11.3. The molecule has 0 saturated carbocycles. The number of carbonyl (C=O) groups excluding carboxylic acids is 1. The molecule has 1 fully saturated rings. The van der Waals surface area contributed by atoms with E-state index in [0.29, 0.717) is 25.6 Å². The fraction of sp³-hybridized carbons (Fsp3) is 0.667. The topological polar surface area (TPSA) is 82.8 Å². The first-order chi connectivity index (χ1) is 13.1. The number of nitrogens with one attached hydrogen (secondary N) is 1. The number of unbranched alkanes of at least 4 members (excludes halogenated alkanes) is 2. The van der Waals surface area contributed by atoms with Gasteiger partial charge in [-0.2, -0.15) is 0 Å². The number of halogens is 1. The van der Waals surface area contributed by atoms with Gasteiger partial charge in [-0.1, -0.05) is 25.8 Å². The Morgan fingerprint density at radius 1 is 1.29 bits per heavy atom. The average molecular weight is 415 g/mol. The number of hydrogen-bond acceptors (Lipinski definition) is 5. The summed E-state index contributed by atoms with van der Waals surface area (Å²) in [5.74, 6) is 1.47. The van der Waals surface area contributed by atoms with E-state index in [1.54, 1.807) is 7.11 Å². The SMILES string of the molecule is CCCCCOc1ccc(C(C)NC(=O)C(N)C2CCOCC2)cc1OC.Cl. The van der Waals surface area contributed by atoms with Crippen LogP contribution in [0, 0.1) is 5.92 Å². The van der Waals surface area contributed by atoms with Crippen molar-refractivity contribution in [2.45, 2.75) is 58.0 Å². The number of benzene rings is 1. The van der Waals surface area contributed by atoms with Crippen LogP contribution in [0.4, 0.5) is 0 Å². The third kappa shape index (κ3) is 7.15. The normalized spacial score (nSPS) is 16.6. The van der Waals surface area contributed by atoms with E-state index in [1.165, 1.54) is 0 Å². The average Bonchev–Trinajstić information content (AvgIpc) is 2.71. The van der Waals surface area contributed by atoms with Crippen molar-refractivity contribution < 1.29 is 19.0 Å². The lowest BCUT2D eigenvalue weighted by Crippen LogP contribution is -2.47. The van der Waals surface area contributed by atoms with Crippen molar-refractivity contribution >= 4 is 18.3 Å². The fourth-order valence-corrected chi connectivity index (χ4v) is 3.29. The molecule has 0 bridgehead atoms. The molecule has 2 rings (SSSR count). The largest absolute Gasteiger partial charge is 0.493 e. The summed E-state index contributed by atoms with van der Waals surface area (Å²) in [6.07, 6.45) is 5.00. The van der Waals surface area contributed by atoms with Crippen LogP contribution in [0.2, 0.25) is 0 Å². The van der Waals surface area contributed by atoms with Crippen LogP contribution in [0.25, 0.3) is 0 Å². The molecule has 7 heteroatoms. The molecule has 1 aromatic rings. The third-order valence-corrected chi connectivity index (χ3v) is 5.13. The molecule has 0 spiro atoms. The molecule has 1 aliphatic heterocycles. The highest BCUT2D eigenvalue weighted by Gasteiger charge is 2.27. The summed E-state index contributed by atoms with van der Waals surface area (Å²) in [6, 6.07) is 5.12. The standard InChI is InChI=1S/C21H34N2O4.ClH/c1-4-5-6-11-27-18-8-7-17(14-19(18)25-3)15(2)23-21(24)20(22)16-9-12-26-13-10-16;/h7-8,14-16,20H,4-6,9-13,22H2,1-3H3,(H,23,24);1H. The van der Waals surface area contributed by atoms with E-state index in [-0.39, 0.29) is 30.3 Å². The molecule has 0 radical (unpaired) electrons. The molecule has 6 nitrogen and oxygen atoms in total. The number of hydrogen-bond donors (Lipinski definition) is 2. The van der Waals surface area contributed by atoms with E-state index in [9.17, 15) is 4.79 Å². The lowest BCUT2D eigenvalue weighted by atomic mass is 9.91. The Balaban J connectivity index is 0.00000392. The van der Waals surface area contributed by atoms with Gasteiger partial charge in [-0.25, -0.2) is 0 Å². The van der Waals surface area contributed by atoms with Gasteiger partial charge in [-0.15, -0.1) is 12.4 Å². The quantitative estimate of drug-likeness (QED) is 0.571. The highest BCUT2D eigenvalue weighted by Crippen LogP contribution is 2.30. The predicted molar refractivity (Wildman–Crippen MR) is 113 cm³/mol.